The second-order valence-electron chi connectivity index (χ2n) is 7.25. The summed E-state index contributed by atoms with van der Waals surface area (Å²) in [6.07, 6.45) is 7.17. The molecule has 0 fully saturated rings. The van der Waals surface area contributed by atoms with Crippen LogP contribution in [0.4, 0.5) is 4.39 Å². The average Bonchev–Trinajstić information content (AvgIpc) is 3.32. The summed E-state index contributed by atoms with van der Waals surface area (Å²) in [6.45, 7) is 1.30. The topological polar surface area (TPSA) is 51.9 Å². The monoisotopic (exact) mass is 373 g/mol. The molecule has 0 saturated heterocycles. The van der Waals surface area contributed by atoms with E-state index < -0.39 is 0 Å². The zero-order chi connectivity index (χ0) is 19.1. The van der Waals surface area contributed by atoms with Gasteiger partial charge in [-0.05, 0) is 41.8 Å². The van der Waals surface area contributed by atoms with Gasteiger partial charge in [-0.1, -0.05) is 24.3 Å². The molecule has 4 nitrogen and oxygen atoms in total. The number of halogens is 1. The summed E-state index contributed by atoms with van der Waals surface area (Å²) in [5.41, 5.74) is 5.19. The van der Waals surface area contributed by atoms with Gasteiger partial charge in [-0.15, -0.1) is 0 Å². The number of para-hydroxylation sites is 1. The highest BCUT2D eigenvalue weighted by atomic mass is 19.1. The van der Waals surface area contributed by atoms with Crippen LogP contribution in [0.2, 0.25) is 0 Å². The molecule has 3 heterocycles. The third kappa shape index (κ3) is 2.89. The summed E-state index contributed by atoms with van der Waals surface area (Å²) >= 11 is 0. The number of hydrogen-bond donors (Lipinski definition) is 2. The Hall–Kier alpha value is -3.34. The lowest BCUT2D eigenvalue weighted by atomic mass is 9.98. The van der Waals surface area contributed by atoms with Gasteiger partial charge >= 0.3 is 0 Å². The van der Waals surface area contributed by atoms with Gasteiger partial charge in [-0.2, -0.15) is 0 Å². The number of hydrogen-bond acceptors (Lipinski definition) is 1. The van der Waals surface area contributed by atoms with E-state index in [1.807, 2.05) is 47.6 Å². The van der Waals surface area contributed by atoms with Gasteiger partial charge in [0.2, 0.25) is 5.91 Å². The molecular formula is C23H20FN3O. The first kappa shape index (κ1) is 16.8. The SMILES string of the molecule is O=C(Cc1c[nH]c2ccccc12)N1CC=C(c2c[nH]c3cc(F)ccc23)CC1. The van der Waals surface area contributed by atoms with Crippen LogP contribution >= 0.6 is 0 Å². The largest absolute Gasteiger partial charge is 0.361 e. The van der Waals surface area contributed by atoms with Crippen LogP contribution in [0.15, 0.2) is 60.9 Å². The molecule has 0 aliphatic carbocycles. The van der Waals surface area contributed by atoms with Crippen LogP contribution in [-0.4, -0.2) is 33.9 Å². The van der Waals surface area contributed by atoms with E-state index in [1.165, 1.54) is 17.7 Å². The fraction of sp³-hybridized carbons (Fsp3) is 0.174. The van der Waals surface area contributed by atoms with Gasteiger partial charge < -0.3 is 14.9 Å². The Morgan fingerprint density at radius 3 is 2.75 bits per heavy atom. The standard InChI is InChI=1S/C23H20FN3O/c24-17-5-6-19-20(14-26-22(19)12-17)15-7-9-27(10-8-15)23(28)11-16-13-25-21-4-2-1-3-18(16)21/h1-7,12-14,25-26H,8-11H2. The molecule has 1 amide bonds. The Bertz CT molecular complexity index is 1220. The first-order chi connectivity index (χ1) is 13.7. The van der Waals surface area contributed by atoms with Crippen molar-refractivity contribution in [3.05, 3.63) is 77.9 Å². The van der Waals surface area contributed by atoms with E-state index >= 15 is 0 Å². The fourth-order valence-electron chi connectivity index (χ4n) is 4.06. The molecule has 2 N–H and O–H groups in total. The Morgan fingerprint density at radius 1 is 1.04 bits per heavy atom. The predicted octanol–water partition coefficient (Wildman–Crippen LogP) is 4.65. The molecule has 2 aromatic heterocycles. The molecule has 0 atom stereocenters. The first-order valence-electron chi connectivity index (χ1n) is 9.48. The summed E-state index contributed by atoms with van der Waals surface area (Å²) in [5.74, 6) is -0.103. The van der Waals surface area contributed by atoms with Crippen LogP contribution in [0.3, 0.4) is 0 Å². The summed E-state index contributed by atoms with van der Waals surface area (Å²) < 4.78 is 13.4. The molecule has 0 spiro atoms. The Balaban J connectivity index is 1.33. The highest BCUT2D eigenvalue weighted by Crippen LogP contribution is 2.30. The van der Waals surface area contributed by atoms with E-state index in [2.05, 4.69) is 16.0 Å². The van der Waals surface area contributed by atoms with Gasteiger partial charge in [0, 0.05) is 52.9 Å². The molecule has 5 heteroatoms. The molecule has 0 saturated carbocycles. The van der Waals surface area contributed by atoms with Crippen molar-refractivity contribution in [1.29, 1.82) is 0 Å². The van der Waals surface area contributed by atoms with Crippen molar-refractivity contribution in [3.8, 4) is 0 Å². The number of H-pyrrole nitrogens is 2. The minimum absolute atomic E-state index is 0.140. The van der Waals surface area contributed by atoms with Crippen LogP contribution in [0, 0.1) is 5.82 Å². The van der Waals surface area contributed by atoms with Gasteiger partial charge in [0.05, 0.1) is 6.42 Å². The van der Waals surface area contributed by atoms with Gasteiger partial charge in [0.15, 0.2) is 0 Å². The minimum atomic E-state index is -0.243. The molecule has 2 aromatic carbocycles. The summed E-state index contributed by atoms with van der Waals surface area (Å²) in [6, 6.07) is 12.9. The molecule has 28 heavy (non-hydrogen) atoms. The van der Waals surface area contributed by atoms with Gasteiger partial charge in [-0.3, -0.25) is 4.79 Å². The predicted molar refractivity (Wildman–Crippen MR) is 109 cm³/mol. The Labute approximate surface area is 161 Å². The average molecular weight is 373 g/mol. The zero-order valence-electron chi connectivity index (χ0n) is 15.3. The second kappa shape index (κ2) is 6.68. The molecule has 5 rings (SSSR count). The van der Waals surface area contributed by atoms with E-state index in [0.29, 0.717) is 19.5 Å². The third-order valence-electron chi connectivity index (χ3n) is 5.57. The highest BCUT2D eigenvalue weighted by Gasteiger charge is 2.20. The van der Waals surface area contributed by atoms with Crippen molar-refractivity contribution >= 4 is 33.3 Å². The maximum absolute atomic E-state index is 13.4. The summed E-state index contributed by atoms with van der Waals surface area (Å²) in [5, 5.41) is 2.13. The van der Waals surface area contributed by atoms with E-state index in [9.17, 15) is 9.18 Å². The van der Waals surface area contributed by atoms with Crippen LogP contribution in [-0.2, 0) is 11.2 Å². The molecule has 0 bridgehead atoms. The number of nitrogens with zero attached hydrogens (tertiary/aromatic N) is 1. The van der Waals surface area contributed by atoms with Crippen LogP contribution < -0.4 is 0 Å². The molecule has 4 aromatic rings. The lowest BCUT2D eigenvalue weighted by Gasteiger charge is -2.26. The number of rotatable bonds is 3. The highest BCUT2D eigenvalue weighted by molar-refractivity contribution is 5.93. The van der Waals surface area contributed by atoms with Crippen LogP contribution in [0.25, 0.3) is 27.4 Å². The quantitative estimate of drug-likeness (QED) is 0.540. The van der Waals surface area contributed by atoms with E-state index in [1.54, 1.807) is 0 Å². The first-order valence-corrected chi connectivity index (χ1v) is 9.48. The molecule has 140 valence electrons. The van der Waals surface area contributed by atoms with Crippen LogP contribution in [0.1, 0.15) is 17.5 Å². The zero-order valence-corrected chi connectivity index (χ0v) is 15.3. The number of amides is 1. The number of carbonyl (C=O) groups is 1. The number of nitrogens with one attached hydrogen (secondary N) is 2. The Morgan fingerprint density at radius 2 is 1.89 bits per heavy atom. The Kier molecular flexibility index (Phi) is 4.01. The molecule has 1 aliphatic rings. The van der Waals surface area contributed by atoms with Gasteiger partial charge in [0.1, 0.15) is 5.82 Å². The molecule has 1 aliphatic heterocycles. The summed E-state index contributed by atoms with van der Waals surface area (Å²) in [4.78, 5) is 21.1. The van der Waals surface area contributed by atoms with Crippen molar-refractivity contribution in [2.24, 2.45) is 0 Å². The number of benzene rings is 2. The maximum atomic E-state index is 13.4. The fourth-order valence-corrected chi connectivity index (χ4v) is 4.06. The van der Waals surface area contributed by atoms with Crippen molar-refractivity contribution in [1.82, 2.24) is 14.9 Å². The van der Waals surface area contributed by atoms with E-state index in [0.717, 1.165) is 39.4 Å². The number of aromatic nitrogens is 2. The van der Waals surface area contributed by atoms with Crippen molar-refractivity contribution in [2.75, 3.05) is 13.1 Å². The van der Waals surface area contributed by atoms with Crippen LogP contribution in [0.5, 0.6) is 0 Å². The number of fused-ring (bicyclic) bond motifs is 2. The second-order valence-corrected chi connectivity index (χ2v) is 7.25. The smallest absolute Gasteiger partial charge is 0.227 e. The minimum Gasteiger partial charge on any atom is -0.361 e. The number of aromatic amines is 2. The lowest BCUT2D eigenvalue weighted by molar-refractivity contribution is -0.130. The van der Waals surface area contributed by atoms with Crippen molar-refractivity contribution in [3.63, 3.8) is 0 Å². The van der Waals surface area contributed by atoms with Crippen molar-refractivity contribution in [2.45, 2.75) is 12.8 Å². The molecule has 0 radical (unpaired) electrons. The lowest BCUT2D eigenvalue weighted by Crippen LogP contribution is -2.35. The number of carbonyl (C=O) groups excluding carboxylic acids is 1. The van der Waals surface area contributed by atoms with Gasteiger partial charge in [-0.25, -0.2) is 4.39 Å². The maximum Gasteiger partial charge on any atom is 0.227 e. The normalized spacial score (nSPS) is 14.6. The summed E-state index contributed by atoms with van der Waals surface area (Å²) in [7, 11) is 0. The third-order valence-corrected chi connectivity index (χ3v) is 5.57. The van der Waals surface area contributed by atoms with E-state index in [-0.39, 0.29) is 11.7 Å². The van der Waals surface area contributed by atoms with E-state index in [4.69, 9.17) is 0 Å². The molecular weight excluding hydrogens is 353 g/mol. The van der Waals surface area contributed by atoms with Gasteiger partial charge in [0.25, 0.3) is 0 Å². The molecule has 0 unspecified atom stereocenters. The van der Waals surface area contributed by atoms with Crippen molar-refractivity contribution < 1.29 is 9.18 Å².